The standard InChI is InChI=1S/C26H40N4O5/c1-15-10-9-11-18(16(15)2)21(22(32)29-25(3,4)5)30(17-12-13-17)23(33)19(14-20(27)31)28-24(34)35-26(6,7)8/h9-11,17,19,21H,12-14H2,1-8H3,(H2,27,31)(H,28,34)(H,29,32). The van der Waals surface area contributed by atoms with Crippen LogP contribution in [0.5, 0.6) is 0 Å². The molecule has 2 unspecified atom stereocenters. The second kappa shape index (κ2) is 10.7. The van der Waals surface area contributed by atoms with Crippen LogP contribution in [0.3, 0.4) is 0 Å². The lowest BCUT2D eigenvalue weighted by atomic mass is 9.94. The molecule has 9 nitrogen and oxygen atoms in total. The molecule has 1 aromatic rings. The summed E-state index contributed by atoms with van der Waals surface area (Å²) in [6, 6.07) is 3.23. The van der Waals surface area contributed by atoms with Gasteiger partial charge in [-0.15, -0.1) is 0 Å². The summed E-state index contributed by atoms with van der Waals surface area (Å²) in [5.74, 6) is -1.63. The van der Waals surface area contributed by atoms with E-state index < -0.39 is 47.6 Å². The van der Waals surface area contributed by atoms with Crippen LogP contribution in [-0.4, -0.2) is 51.9 Å². The minimum absolute atomic E-state index is 0.200. The van der Waals surface area contributed by atoms with Crippen LogP contribution in [0.15, 0.2) is 18.2 Å². The van der Waals surface area contributed by atoms with Crippen molar-refractivity contribution in [2.45, 2.75) is 104 Å². The van der Waals surface area contributed by atoms with Crippen LogP contribution in [-0.2, 0) is 19.1 Å². The highest BCUT2D eigenvalue weighted by Gasteiger charge is 2.45. The Bertz CT molecular complexity index is 973. The molecule has 2 atom stereocenters. The minimum atomic E-state index is -1.27. The molecule has 194 valence electrons. The SMILES string of the molecule is Cc1cccc(C(C(=O)NC(C)(C)C)N(C(=O)C(CC(N)=O)NC(=O)OC(C)(C)C)C2CC2)c1C. The molecular weight excluding hydrogens is 448 g/mol. The van der Waals surface area contributed by atoms with Gasteiger partial charge in [0, 0.05) is 11.6 Å². The number of nitrogens with zero attached hydrogens (tertiary/aromatic N) is 1. The summed E-state index contributed by atoms with van der Waals surface area (Å²) in [4.78, 5) is 53.4. The quantitative estimate of drug-likeness (QED) is 0.518. The Morgan fingerprint density at radius 1 is 1.09 bits per heavy atom. The average molecular weight is 489 g/mol. The van der Waals surface area contributed by atoms with Crippen molar-refractivity contribution in [3.05, 3.63) is 34.9 Å². The smallest absolute Gasteiger partial charge is 0.408 e. The number of rotatable bonds is 8. The Labute approximate surface area is 208 Å². The monoisotopic (exact) mass is 488 g/mol. The van der Waals surface area contributed by atoms with Crippen LogP contribution in [0, 0.1) is 13.8 Å². The van der Waals surface area contributed by atoms with Gasteiger partial charge < -0.3 is 26.0 Å². The van der Waals surface area contributed by atoms with E-state index in [1.807, 2.05) is 52.8 Å². The number of amides is 4. The van der Waals surface area contributed by atoms with Gasteiger partial charge in [-0.25, -0.2) is 4.79 Å². The summed E-state index contributed by atoms with van der Waals surface area (Å²) < 4.78 is 5.30. The molecule has 4 N–H and O–H groups in total. The highest BCUT2D eigenvalue weighted by molar-refractivity contribution is 5.95. The van der Waals surface area contributed by atoms with Crippen LogP contribution < -0.4 is 16.4 Å². The number of carbonyl (C=O) groups is 4. The van der Waals surface area contributed by atoms with E-state index in [4.69, 9.17) is 10.5 Å². The topological polar surface area (TPSA) is 131 Å². The van der Waals surface area contributed by atoms with Crippen molar-refractivity contribution in [2.75, 3.05) is 0 Å². The molecule has 35 heavy (non-hydrogen) atoms. The molecule has 0 heterocycles. The fourth-order valence-corrected chi connectivity index (χ4v) is 3.83. The van der Waals surface area contributed by atoms with Crippen molar-refractivity contribution in [1.82, 2.24) is 15.5 Å². The van der Waals surface area contributed by atoms with Crippen molar-refractivity contribution < 1.29 is 23.9 Å². The molecule has 1 aliphatic rings. The minimum Gasteiger partial charge on any atom is -0.444 e. The molecule has 1 aliphatic carbocycles. The van der Waals surface area contributed by atoms with E-state index in [9.17, 15) is 19.2 Å². The Hall–Kier alpha value is -3.10. The fourth-order valence-electron chi connectivity index (χ4n) is 3.83. The fraction of sp³-hybridized carbons (Fsp3) is 0.615. The van der Waals surface area contributed by atoms with Gasteiger partial charge in [0.2, 0.25) is 17.7 Å². The van der Waals surface area contributed by atoms with Gasteiger partial charge in [-0.3, -0.25) is 14.4 Å². The first-order chi connectivity index (χ1) is 16.0. The van der Waals surface area contributed by atoms with E-state index in [-0.39, 0.29) is 11.9 Å². The van der Waals surface area contributed by atoms with Gasteiger partial charge in [0.15, 0.2) is 0 Å². The zero-order valence-electron chi connectivity index (χ0n) is 22.2. The molecule has 1 fully saturated rings. The number of aryl methyl sites for hydroxylation is 1. The molecule has 4 amide bonds. The zero-order chi connectivity index (χ0) is 26.7. The van der Waals surface area contributed by atoms with Crippen molar-refractivity contribution in [3.63, 3.8) is 0 Å². The van der Waals surface area contributed by atoms with Gasteiger partial charge in [0.05, 0.1) is 6.42 Å². The summed E-state index contributed by atoms with van der Waals surface area (Å²) in [5.41, 5.74) is 6.66. The predicted octanol–water partition coefficient (Wildman–Crippen LogP) is 3.02. The van der Waals surface area contributed by atoms with E-state index in [2.05, 4.69) is 10.6 Å². The molecule has 0 aliphatic heterocycles. The van der Waals surface area contributed by atoms with E-state index in [1.165, 1.54) is 4.90 Å². The van der Waals surface area contributed by atoms with Crippen molar-refractivity contribution in [1.29, 1.82) is 0 Å². The van der Waals surface area contributed by atoms with Crippen molar-refractivity contribution >= 4 is 23.8 Å². The highest BCUT2D eigenvalue weighted by Crippen LogP contribution is 2.37. The molecule has 0 aromatic heterocycles. The summed E-state index contributed by atoms with van der Waals surface area (Å²) in [6.45, 7) is 14.6. The number of benzene rings is 1. The highest BCUT2D eigenvalue weighted by atomic mass is 16.6. The molecule has 1 aromatic carbocycles. The first-order valence-electron chi connectivity index (χ1n) is 12.0. The summed E-state index contributed by atoms with van der Waals surface area (Å²) >= 11 is 0. The maximum atomic E-state index is 13.9. The molecule has 2 rings (SSSR count). The molecule has 0 radical (unpaired) electrons. The number of hydrogen-bond acceptors (Lipinski definition) is 5. The third-order valence-electron chi connectivity index (χ3n) is 5.55. The summed E-state index contributed by atoms with van der Waals surface area (Å²) in [5, 5.41) is 5.50. The zero-order valence-corrected chi connectivity index (χ0v) is 22.2. The second-order valence-electron chi connectivity index (χ2n) is 11.3. The van der Waals surface area contributed by atoms with Gasteiger partial charge in [0.1, 0.15) is 17.7 Å². The average Bonchev–Trinajstić information content (AvgIpc) is 3.49. The lowest BCUT2D eigenvalue weighted by molar-refractivity contribution is -0.144. The summed E-state index contributed by atoms with van der Waals surface area (Å²) in [7, 11) is 0. The maximum absolute atomic E-state index is 13.9. The Kier molecular flexibility index (Phi) is 8.57. The van der Waals surface area contributed by atoms with E-state index in [1.54, 1.807) is 20.8 Å². The van der Waals surface area contributed by atoms with Gasteiger partial charge in [0.25, 0.3) is 0 Å². The van der Waals surface area contributed by atoms with Crippen LogP contribution >= 0.6 is 0 Å². The van der Waals surface area contributed by atoms with Crippen LogP contribution in [0.25, 0.3) is 0 Å². The Morgan fingerprint density at radius 2 is 1.69 bits per heavy atom. The third-order valence-corrected chi connectivity index (χ3v) is 5.55. The van der Waals surface area contributed by atoms with Crippen molar-refractivity contribution in [2.24, 2.45) is 5.73 Å². The second-order valence-corrected chi connectivity index (χ2v) is 11.3. The molecule has 0 bridgehead atoms. The van der Waals surface area contributed by atoms with Gasteiger partial charge in [-0.2, -0.15) is 0 Å². The van der Waals surface area contributed by atoms with Gasteiger partial charge in [-0.1, -0.05) is 18.2 Å². The maximum Gasteiger partial charge on any atom is 0.408 e. The number of carbonyl (C=O) groups excluding carboxylic acids is 4. The number of nitrogens with two attached hydrogens (primary N) is 1. The largest absolute Gasteiger partial charge is 0.444 e. The first kappa shape index (κ1) is 28.1. The normalized spacial score (nSPS) is 15.5. The number of nitrogens with one attached hydrogen (secondary N) is 2. The number of ether oxygens (including phenoxy) is 1. The van der Waals surface area contributed by atoms with Crippen LogP contribution in [0.1, 0.15) is 83.5 Å². The van der Waals surface area contributed by atoms with E-state index in [0.29, 0.717) is 18.4 Å². The number of hydrogen-bond donors (Lipinski definition) is 3. The number of alkyl carbamates (subject to hydrolysis) is 1. The Morgan fingerprint density at radius 3 is 2.17 bits per heavy atom. The third kappa shape index (κ3) is 8.26. The predicted molar refractivity (Wildman–Crippen MR) is 133 cm³/mol. The first-order valence-corrected chi connectivity index (χ1v) is 12.0. The molecule has 0 spiro atoms. The van der Waals surface area contributed by atoms with Crippen molar-refractivity contribution in [3.8, 4) is 0 Å². The number of primary amides is 1. The Balaban J connectivity index is 2.53. The van der Waals surface area contributed by atoms with Gasteiger partial charge >= 0.3 is 6.09 Å². The molecule has 0 saturated heterocycles. The molecule has 1 saturated carbocycles. The van der Waals surface area contributed by atoms with E-state index >= 15 is 0 Å². The molecular formula is C26H40N4O5. The van der Waals surface area contributed by atoms with Gasteiger partial charge in [-0.05, 0) is 84.9 Å². The van der Waals surface area contributed by atoms with Crippen LogP contribution in [0.2, 0.25) is 0 Å². The van der Waals surface area contributed by atoms with E-state index in [0.717, 1.165) is 11.1 Å². The lowest BCUT2D eigenvalue weighted by Crippen LogP contribution is -2.56. The summed E-state index contributed by atoms with van der Waals surface area (Å²) in [6.07, 6.45) is 0.175. The molecule has 9 heteroatoms. The lowest BCUT2D eigenvalue weighted by Gasteiger charge is -2.36. The van der Waals surface area contributed by atoms with Crippen LogP contribution in [0.4, 0.5) is 4.79 Å².